The SMILES string of the molecule is CNc1scc(C2=CCC=C(Cl)C=C2)c1C(=O)O. The second kappa shape index (κ2) is 5.42. The molecule has 2 rings (SSSR count). The van der Waals surface area contributed by atoms with E-state index in [0.717, 1.165) is 11.1 Å². The highest BCUT2D eigenvalue weighted by Crippen LogP contribution is 2.34. The van der Waals surface area contributed by atoms with Crippen LogP contribution < -0.4 is 5.32 Å². The summed E-state index contributed by atoms with van der Waals surface area (Å²) < 4.78 is 0. The Morgan fingerprint density at radius 1 is 1.44 bits per heavy atom. The van der Waals surface area contributed by atoms with Gasteiger partial charge in [0, 0.05) is 23.0 Å². The molecule has 0 atom stereocenters. The molecule has 2 N–H and O–H groups in total. The lowest BCUT2D eigenvalue weighted by molar-refractivity contribution is 0.0698. The Kier molecular flexibility index (Phi) is 3.89. The number of anilines is 1. The second-order valence-electron chi connectivity index (χ2n) is 3.73. The van der Waals surface area contributed by atoms with Gasteiger partial charge < -0.3 is 10.4 Å². The highest BCUT2D eigenvalue weighted by atomic mass is 35.5. The predicted molar refractivity (Wildman–Crippen MR) is 76.5 cm³/mol. The highest BCUT2D eigenvalue weighted by Gasteiger charge is 2.19. The zero-order chi connectivity index (χ0) is 13.1. The molecular formula is C13H12ClNO2S. The number of carbonyl (C=O) groups is 1. The van der Waals surface area contributed by atoms with E-state index in [1.54, 1.807) is 13.1 Å². The molecule has 3 nitrogen and oxygen atoms in total. The quantitative estimate of drug-likeness (QED) is 0.882. The first kappa shape index (κ1) is 12.9. The lowest BCUT2D eigenvalue weighted by Gasteiger charge is -2.03. The van der Waals surface area contributed by atoms with Crippen LogP contribution in [-0.4, -0.2) is 18.1 Å². The molecule has 1 aliphatic carbocycles. The van der Waals surface area contributed by atoms with E-state index in [1.165, 1.54) is 11.3 Å². The van der Waals surface area contributed by atoms with Crippen molar-refractivity contribution in [2.24, 2.45) is 0 Å². The molecule has 0 spiro atoms. The maximum absolute atomic E-state index is 11.3. The molecule has 0 aromatic carbocycles. The van der Waals surface area contributed by atoms with Crippen molar-refractivity contribution < 1.29 is 9.90 Å². The lowest BCUT2D eigenvalue weighted by Crippen LogP contribution is -2.02. The van der Waals surface area contributed by atoms with Crippen molar-refractivity contribution in [3.63, 3.8) is 0 Å². The van der Waals surface area contributed by atoms with Gasteiger partial charge in [-0.1, -0.05) is 29.8 Å². The fourth-order valence-corrected chi connectivity index (χ4v) is 2.85. The van der Waals surface area contributed by atoms with E-state index in [2.05, 4.69) is 5.32 Å². The number of nitrogens with one attached hydrogen (secondary N) is 1. The summed E-state index contributed by atoms with van der Waals surface area (Å²) >= 11 is 7.31. The summed E-state index contributed by atoms with van der Waals surface area (Å²) in [4.78, 5) is 11.3. The van der Waals surface area contributed by atoms with Crippen molar-refractivity contribution in [2.45, 2.75) is 6.42 Å². The zero-order valence-corrected chi connectivity index (χ0v) is 11.3. The molecule has 0 saturated carbocycles. The molecule has 0 aliphatic heterocycles. The monoisotopic (exact) mass is 281 g/mol. The summed E-state index contributed by atoms with van der Waals surface area (Å²) in [5.41, 5.74) is 1.93. The smallest absolute Gasteiger partial charge is 0.339 e. The van der Waals surface area contributed by atoms with Gasteiger partial charge in [-0.2, -0.15) is 0 Å². The molecule has 1 aromatic rings. The van der Waals surface area contributed by atoms with Crippen molar-refractivity contribution >= 4 is 39.5 Å². The zero-order valence-electron chi connectivity index (χ0n) is 9.74. The lowest BCUT2D eigenvalue weighted by atomic mass is 10.0. The number of allylic oxidation sites excluding steroid dienone is 6. The van der Waals surface area contributed by atoms with Gasteiger partial charge in [-0.05, 0) is 18.1 Å². The molecule has 5 heteroatoms. The van der Waals surface area contributed by atoms with Crippen LogP contribution in [0.3, 0.4) is 0 Å². The van der Waals surface area contributed by atoms with E-state index in [-0.39, 0.29) is 0 Å². The van der Waals surface area contributed by atoms with E-state index in [0.29, 0.717) is 22.0 Å². The molecule has 18 heavy (non-hydrogen) atoms. The summed E-state index contributed by atoms with van der Waals surface area (Å²) in [6, 6.07) is 0. The van der Waals surface area contributed by atoms with Crippen LogP contribution in [0.2, 0.25) is 0 Å². The van der Waals surface area contributed by atoms with Crippen LogP contribution in [0.15, 0.2) is 34.7 Å². The number of carboxylic acid groups (broad SMARTS) is 1. The van der Waals surface area contributed by atoms with Crippen LogP contribution in [0, 0.1) is 0 Å². The van der Waals surface area contributed by atoms with E-state index >= 15 is 0 Å². The standard InChI is InChI=1S/C13H12ClNO2S/c1-15-12-11(13(16)17)10(7-18-12)8-3-2-4-9(14)6-5-8/h3-7,15H,2H2,1H3,(H,16,17). The van der Waals surface area contributed by atoms with Gasteiger partial charge in [0.25, 0.3) is 0 Å². The highest BCUT2D eigenvalue weighted by molar-refractivity contribution is 7.14. The number of hydrogen-bond acceptors (Lipinski definition) is 3. The van der Waals surface area contributed by atoms with E-state index in [4.69, 9.17) is 11.6 Å². The fraction of sp³-hybridized carbons (Fsp3) is 0.154. The molecule has 0 radical (unpaired) electrons. The van der Waals surface area contributed by atoms with Gasteiger partial charge in [0.2, 0.25) is 0 Å². The van der Waals surface area contributed by atoms with Gasteiger partial charge in [0.05, 0.1) is 0 Å². The Morgan fingerprint density at radius 2 is 2.22 bits per heavy atom. The van der Waals surface area contributed by atoms with Crippen molar-refractivity contribution in [1.82, 2.24) is 0 Å². The number of carboxylic acids is 1. The molecule has 1 aliphatic rings. The van der Waals surface area contributed by atoms with Crippen LogP contribution in [0.5, 0.6) is 0 Å². The van der Waals surface area contributed by atoms with E-state index in [9.17, 15) is 9.90 Å². The third-order valence-corrected chi connectivity index (χ3v) is 3.89. The number of thiophene rings is 1. The first-order chi connectivity index (χ1) is 8.63. The minimum absolute atomic E-state index is 0.316. The number of aromatic carboxylic acids is 1. The maximum Gasteiger partial charge on any atom is 0.339 e. The average molecular weight is 282 g/mol. The molecule has 94 valence electrons. The van der Waals surface area contributed by atoms with Gasteiger partial charge in [0.15, 0.2) is 0 Å². The van der Waals surface area contributed by atoms with Gasteiger partial charge in [-0.25, -0.2) is 4.79 Å². The Balaban J connectivity index is 2.46. The minimum Gasteiger partial charge on any atom is -0.478 e. The van der Waals surface area contributed by atoms with Crippen LogP contribution in [0.1, 0.15) is 22.3 Å². The van der Waals surface area contributed by atoms with Crippen LogP contribution in [-0.2, 0) is 0 Å². The van der Waals surface area contributed by atoms with Gasteiger partial charge in [0.1, 0.15) is 10.6 Å². The molecule has 0 saturated heterocycles. The molecule has 0 unspecified atom stereocenters. The molecule has 0 bridgehead atoms. The number of hydrogen-bond donors (Lipinski definition) is 2. The summed E-state index contributed by atoms with van der Waals surface area (Å²) in [6.07, 6.45) is 8.18. The minimum atomic E-state index is -0.923. The van der Waals surface area contributed by atoms with Gasteiger partial charge >= 0.3 is 5.97 Å². The summed E-state index contributed by atoms with van der Waals surface area (Å²) in [5.74, 6) is -0.923. The molecular weight excluding hydrogens is 270 g/mol. The van der Waals surface area contributed by atoms with E-state index < -0.39 is 5.97 Å². The van der Waals surface area contributed by atoms with Crippen LogP contribution >= 0.6 is 22.9 Å². The van der Waals surface area contributed by atoms with Crippen LogP contribution in [0.4, 0.5) is 5.00 Å². The summed E-state index contributed by atoms with van der Waals surface area (Å²) in [6.45, 7) is 0. The van der Waals surface area contributed by atoms with Crippen molar-refractivity contribution in [3.8, 4) is 0 Å². The topological polar surface area (TPSA) is 49.3 Å². The first-order valence-corrected chi connectivity index (χ1v) is 6.66. The summed E-state index contributed by atoms with van der Waals surface area (Å²) in [7, 11) is 1.72. The fourth-order valence-electron chi connectivity index (χ4n) is 1.77. The van der Waals surface area contributed by atoms with Crippen molar-refractivity contribution in [2.75, 3.05) is 12.4 Å². The first-order valence-electron chi connectivity index (χ1n) is 5.40. The maximum atomic E-state index is 11.3. The predicted octanol–water partition coefficient (Wildman–Crippen LogP) is 3.95. The second-order valence-corrected chi connectivity index (χ2v) is 5.04. The third-order valence-electron chi connectivity index (χ3n) is 2.62. The number of rotatable bonds is 3. The Labute approximate surface area is 114 Å². The van der Waals surface area contributed by atoms with Gasteiger partial charge in [-0.3, -0.25) is 0 Å². The molecule has 1 heterocycles. The largest absolute Gasteiger partial charge is 0.478 e. The third kappa shape index (κ3) is 2.49. The van der Waals surface area contributed by atoms with Crippen molar-refractivity contribution in [3.05, 3.63) is 45.8 Å². The van der Waals surface area contributed by atoms with Gasteiger partial charge in [-0.15, -0.1) is 11.3 Å². The Bertz CT molecular complexity index is 570. The number of halogens is 1. The Morgan fingerprint density at radius 3 is 2.89 bits per heavy atom. The normalized spacial score (nSPS) is 14.8. The van der Waals surface area contributed by atoms with Crippen molar-refractivity contribution in [1.29, 1.82) is 0 Å². The molecule has 1 aromatic heterocycles. The average Bonchev–Trinajstić information content (AvgIpc) is 2.66. The molecule has 0 amide bonds. The van der Waals surface area contributed by atoms with Crippen LogP contribution in [0.25, 0.3) is 5.57 Å². The molecule has 0 fully saturated rings. The Hall–Kier alpha value is -1.52. The van der Waals surface area contributed by atoms with E-state index in [1.807, 2.05) is 23.6 Å². The summed E-state index contributed by atoms with van der Waals surface area (Å²) in [5, 5.41) is 15.4.